The largest absolute Gasteiger partial charge is 0.464 e. The van der Waals surface area contributed by atoms with Crippen molar-refractivity contribution in [3.63, 3.8) is 0 Å². The zero-order valence-corrected chi connectivity index (χ0v) is 12.4. The minimum atomic E-state index is -0.780. The van der Waals surface area contributed by atoms with Gasteiger partial charge in [0, 0.05) is 6.42 Å². The summed E-state index contributed by atoms with van der Waals surface area (Å²) in [7, 11) is 0. The van der Waals surface area contributed by atoms with Gasteiger partial charge in [-0.25, -0.2) is 4.79 Å². The predicted octanol–water partition coefficient (Wildman–Crippen LogP) is 3.14. The Balaban J connectivity index is 0.00000264. The molecule has 7 nitrogen and oxygen atoms in total. The number of ether oxygens (including phenoxy) is 1. The predicted molar refractivity (Wildman–Crippen MR) is 86.2 cm³/mol. The number of hydrogen-bond donors (Lipinski definition) is 0. The van der Waals surface area contributed by atoms with Crippen molar-refractivity contribution < 1.29 is 14.5 Å². The monoisotopic (exact) mass is 319 g/mol. The Kier molecular flexibility index (Phi) is 6.44. The van der Waals surface area contributed by atoms with Crippen molar-refractivity contribution in [3.8, 4) is 0 Å². The fourth-order valence-corrected chi connectivity index (χ4v) is 2.26. The van der Waals surface area contributed by atoms with Crippen molar-refractivity contribution in [2.75, 3.05) is 6.61 Å². The molecule has 0 aliphatic carbocycles. The van der Waals surface area contributed by atoms with Gasteiger partial charge in [0.1, 0.15) is 6.20 Å². The number of carbonyl (C=O) groups is 1. The van der Waals surface area contributed by atoms with Gasteiger partial charge >= 0.3 is 11.8 Å². The van der Waals surface area contributed by atoms with Gasteiger partial charge < -0.3 is 14.9 Å². The van der Waals surface area contributed by atoms with Gasteiger partial charge in [-0.15, -0.1) is 0 Å². The maximum Gasteiger partial charge on any atom is 0.381 e. The molecule has 0 amide bonds. The second kappa shape index (κ2) is 8.07. The number of esters is 1. The van der Waals surface area contributed by atoms with Gasteiger partial charge in [0.2, 0.25) is 5.82 Å². The van der Waals surface area contributed by atoms with Gasteiger partial charge in [0.15, 0.2) is 6.04 Å². The number of imidazole rings is 1. The Hall–Kier alpha value is -2.70. The lowest BCUT2D eigenvalue weighted by molar-refractivity contribution is -0.389. The molecule has 1 aromatic carbocycles. The molecule has 0 fully saturated rings. The third-order valence-electron chi connectivity index (χ3n) is 3.20. The number of rotatable bonds is 6. The third-order valence-corrected chi connectivity index (χ3v) is 3.20. The van der Waals surface area contributed by atoms with Crippen LogP contribution in [0.3, 0.4) is 0 Å². The van der Waals surface area contributed by atoms with E-state index in [0.717, 1.165) is 0 Å². The van der Waals surface area contributed by atoms with Gasteiger partial charge in [-0.05, 0) is 22.4 Å². The summed E-state index contributed by atoms with van der Waals surface area (Å²) in [6.45, 7) is 3.78. The molecule has 0 bridgehead atoms. The maximum atomic E-state index is 12.4. The number of aromatic nitrogens is 2. The van der Waals surface area contributed by atoms with Gasteiger partial charge in [-0.3, -0.25) is 4.57 Å². The van der Waals surface area contributed by atoms with Crippen LogP contribution in [-0.4, -0.2) is 27.1 Å². The zero-order chi connectivity index (χ0) is 16.1. The number of benzene rings is 1. The molecule has 0 radical (unpaired) electrons. The number of aryl methyl sites for hydroxylation is 1. The van der Waals surface area contributed by atoms with E-state index in [-0.39, 0.29) is 19.9 Å². The van der Waals surface area contributed by atoms with Crippen molar-refractivity contribution in [1.82, 2.24) is 9.55 Å². The fraction of sp³-hybridized carbons (Fsp3) is 0.375. The summed E-state index contributed by atoms with van der Waals surface area (Å²) >= 11 is 0. The van der Waals surface area contributed by atoms with Gasteiger partial charge in [0.05, 0.1) is 6.61 Å². The summed E-state index contributed by atoms with van der Waals surface area (Å²) in [4.78, 5) is 26.7. The fourth-order valence-electron chi connectivity index (χ4n) is 2.26. The van der Waals surface area contributed by atoms with E-state index in [1.807, 2.05) is 13.0 Å². The lowest BCUT2D eigenvalue weighted by Gasteiger charge is -2.17. The highest BCUT2D eigenvalue weighted by molar-refractivity contribution is 5.78. The zero-order valence-electron chi connectivity index (χ0n) is 12.4. The summed E-state index contributed by atoms with van der Waals surface area (Å²) in [5, 5.41) is 11.0. The second-order valence-electron chi connectivity index (χ2n) is 4.60. The van der Waals surface area contributed by atoms with Crippen LogP contribution in [-0.2, 0) is 16.0 Å². The van der Waals surface area contributed by atoms with E-state index in [0.29, 0.717) is 17.8 Å². The molecule has 2 aromatic rings. The molecule has 2 rings (SSSR count). The van der Waals surface area contributed by atoms with Gasteiger partial charge in [-0.1, -0.05) is 44.7 Å². The van der Waals surface area contributed by atoms with Crippen LogP contribution in [0.25, 0.3) is 0 Å². The Labute approximate surface area is 135 Å². The van der Waals surface area contributed by atoms with Crippen LogP contribution in [0.2, 0.25) is 0 Å². The van der Waals surface area contributed by atoms with Crippen LogP contribution in [0, 0.1) is 10.1 Å². The summed E-state index contributed by atoms with van der Waals surface area (Å²) in [6, 6.07) is 8.23. The quantitative estimate of drug-likeness (QED) is 0.464. The molecular formula is C16H21N3O4. The van der Waals surface area contributed by atoms with E-state index in [4.69, 9.17) is 4.74 Å². The number of nitro groups is 1. The topological polar surface area (TPSA) is 87.3 Å². The molecule has 0 aliphatic rings. The standard InChI is InChI=1S/C15H17N3O4.CH4/c1-3-12-16-13(18(20)21)10-17(12)14(15(19)22-4-2)11-8-6-5-7-9-11;/h5-10,14H,3-4H2,1-2H3;1H4. The van der Waals surface area contributed by atoms with E-state index >= 15 is 0 Å². The first-order valence-corrected chi connectivity index (χ1v) is 7.02. The molecular weight excluding hydrogens is 298 g/mol. The van der Waals surface area contributed by atoms with Crippen LogP contribution >= 0.6 is 0 Å². The average molecular weight is 319 g/mol. The molecule has 1 heterocycles. The first-order chi connectivity index (χ1) is 10.6. The van der Waals surface area contributed by atoms with E-state index < -0.39 is 16.9 Å². The van der Waals surface area contributed by atoms with E-state index in [1.54, 1.807) is 31.2 Å². The molecule has 23 heavy (non-hydrogen) atoms. The van der Waals surface area contributed by atoms with Crippen molar-refractivity contribution in [3.05, 3.63) is 58.0 Å². The molecule has 0 N–H and O–H groups in total. The van der Waals surface area contributed by atoms with E-state index in [1.165, 1.54) is 10.8 Å². The minimum Gasteiger partial charge on any atom is -0.464 e. The summed E-state index contributed by atoms with van der Waals surface area (Å²) < 4.78 is 6.64. The highest BCUT2D eigenvalue weighted by atomic mass is 16.6. The van der Waals surface area contributed by atoms with Crippen LogP contribution < -0.4 is 0 Å². The Bertz CT molecular complexity index is 667. The van der Waals surface area contributed by atoms with Crippen molar-refractivity contribution in [2.24, 2.45) is 0 Å². The Morgan fingerprint density at radius 3 is 2.52 bits per heavy atom. The van der Waals surface area contributed by atoms with Crippen LogP contribution in [0.4, 0.5) is 5.82 Å². The van der Waals surface area contributed by atoms with E-state index in [9.17, 15) is 14.9 Å². The van der Waals surface area contributed by atoms with Crippen LogP contribution in [0.1, 0.15) is 38.7 Å². The summed E-state index contributed by atoms with van der Waals surface area (Å²) in [5.74, 6) is -0.272. The van der Waals surface area contributed by atoms with Crippen molar-refractivity contribution in [1.29, 1.82) is 0 Å². The molecule has 0 aliphatic heterocycles. The first kappa shape index (κ1) is 18.3. The average Bonchev–Trinajstić information content (AvgIpc) is 2.93. The minimum absolute atomic E-state index is 0. The normalized spacial score (nSPS) is 11.4. The molecule has 0 saturated heterocycles. The van der Waals surface area contributed by atoms with Gasteiger partial charge in [-0.2, -0.15) is 0 Å². The molecule has 1 aromatic heterocycles. The maximum absolute atomic E-state index is 12.4. The molecule has 124 valence electrons. The molecule has 0 saturated carbocycles. The third kappa shape index (κ3) is 3.94. The van der Waals surface area contributed by atoms with Crippen molar-refractivity contribution in [2.45, 2.75) is 33.7 Å². The lowest BCUT2D eigenvalue weighted by atomic mass is 10.1. The SMILES string of the molecule is C.CCOC(=O)C(c1ccccc1)n1cc([N+](=O)[O-])nc1CC. The number of carbonyl (C=O) groups excluding carboxylic acids is 1. The highest BCUT2D eigenvalue weighted by Gasteiger charge is 2.30. The van der Waals surface area contributed by atoms with Crippen LogP contribution in [0.5, 0.6) is 0 Å². The first-order valence-electron chi connectivity index (χ1n) is 7.02. The number of hydrogen-bond acceptors (Lipinski definition) is 5. The van der Waals surface area contributed by atoms with Crippen molar-refractivity contribution >= 4 is 11.8 Å². The second-order valence-corrected chi connectivity index (χ2v) is 4.60. The lowest BCUT2D eigenvalue weighted by Crippen LogP contribution is -2.24. The molecule has 0 spiro atoms. The van der Waals surface area contributed by atoms with Gasteiger partial charge in [0.25, 0.3) is 0 Å². The summed E-state index contributed by atoms with van der Waals surface area (Å²) in [6.07, 6.45) is 1.75. The highest BCUT2D eigenvalue weighted by Crippen LogP contribution is 2.25. The van der Waals surface area contributed by atoms with Crippen LogP contribution in [0.15, 0.2) is 36.5 Å². The van der Waals surface area contributed by atoms with E-state index in [2.05, 4.69) is 4.98 Å². The number of nitrogens with zero attached hydrogens (tertiary/aromatic N) is 3. The Morgan fingerprint density at radius 2 is 2.00 bits per heavy atom. The molecule has 7 heteroatoms. The smallest absolute Gasteiger partial charge is 0.381 e. The molecule has 1 unspecified atom stereocenters. The Morgan fingerprint density at radius 1 is 1.35 bits per heavy atom. The summed E-state index contributed by atoms with van der Waals surface area (Å²) in [5.41, 5.74) is 0.697. The molecule has 1 atom stereocenters.